The van der Waals surface area contributed by atoms with Crippen molar-refractivity contribution in [3.8, 4) is 0 Å². The third kappa shape index (κ3) is 3.57. The van der Waals surface area contributed by atoms with Gasteiger partial charge >= 0.3 is 5.97 Å². The van der Waals surface area contributed by atoms with Crippen LogP contribution in [0.1, 0.15) is 27.7 Å². The summed E-state index contributed by atoms with van der Waals surface area (Å²) in [5.41, 5.74) is -0.574. The predicted molar refractivity (Wildman–Crippen MR) is 65.8 cm³/mol. The summed E-state index contributed by atoms with van der Waals surface area (Å²) in [6.45, 7) is 11.3. The Morgan fingerprint density at radius 2 is 1.81 bits per heavy atom. The van der Waals surface area contributed by atoms with E-state index in [0.717, 1.165) is 0 Å². The highest BCUT2D eigenvalue weighted by Crippen LogP contribution is 2.40. The van der Waals surface area contributed by atoms with Crippen molar-refractivity contribution in [2.45, 2.75) is 57.7 Å². The molecule has 0 aromatic rings. The molecule has 0 saturated carbocycles. The highest BCUT2D eigenvalue weighted by molar-refractivity contribution is 6.81. The summed E-state index contributed by atoms with van der Waals surface area (Å²) < 4.78 is 5.21. The maximum Gasteiger partial charge on any atom is 0.302 e. The molecule has 0 aliphatic carbocycles. The molecule has 0 amide bonds. The molecule has 0 aromatic heterocycles. The smallest absolute Gasteiger partial charge is 0.302 e. The Balaban J connectivity index is 5.09. The number of carbonyl (C=O) groups excluding carboxylic acids is 1. The van der Waals surface area contributed by atoms with E-state index in [4.69, 9.17) is 9.84 Å². The van der Waals surface area contributed by atoms with Gasteiger partial charge in [0.15, 0.2) is 0 Å². The molecule has 0 heterocycles. The number of rotatable bonds is 4. The van der Waals surface area contributed by atoms with Crippen LogP contribution >= 0.6 is 0 Å². The van der Waals surface area contributed by atoms with Crippen molar-refractivity contribution >= 4 is 14.0 Å². The van der Waals surface area contributed by atoms with Crippen molar-refractivity contribution in [1.82, 2.24) is 0 Å². The Kier molecular flexibility index (Phi) is 5.16. The molecule has 0 spiro atoms. The SMILES string of the molecule is CC(=O)O[C@@H]([C@@H](O)CO)[Si](C)(C)C(C)(C)C. The van der Waals surface area contributed by atoms with E-state index in [1.807, 2.05) is 0 Å². The van der Waals surface area contributed by atoms with E-state index >= 15 is 0 Å². The lowest BCUT2D eigenvalue weighted by Crippen LogP contribution is -2.57. The Morgan fingerprint density at radius 3 is 2.06 bits per heavy atom. The van der Waals surface area contributed by atoms with E-state index in [1.54, 1.807) is 0 Å². The lowest BCUT2D eigenvalue weighted by Gasteiger charge is -2.43. The number of ether oxygens (including phenoxy) is 1. The zero-order chi connectivity index (χ0) is 13.1. The van der Waals surface area contributed by atoms with Crippen molar-refractivity contribution in [3.63, 3.8) is 0 Å². The lowest BCUT2D eigenvalue weighted by atomic mass is 10.2. The van der Waals surface area contributed by atoms with Crippen LogP contribution in [0.2, 0.25) is 18.1 Å². The third-order valence-corrected chi connectivity index (χ3v) is 9.27. The fourth-order valence-corrected chi connectivity index (χ4v) is 3.79. The van der Waals surface area contributed by atoms with Gasteiger partial charge in [-0.15, -0.1) is 0 Å². The first kappa shape index (κ1) is 15.6. The van der Waals surface area contributed by atoms with Crippen LogP contribution in [-0.4, -0.2) is 42.7 Å². The maximum absolute atomic E-state index is 11.1. The van der Waals surface area contributed by atoms with Crippen molar-refractivity contribution in [3.05, 3.63) is 0 Å². The standard InChI is InChI=1S/C11H24O4Si/c1-8(13)15-10(9(14)7-12)16(5,6)11(2,3)4/h9-10,12,14H,7H2,1-6H3/t9-,10+/m0/s1. The Labute approximate surface area is 98.6 Å². The van der Waals surface area contributed by atoms with E-state index in [-0.39, 0.29) is 11.6 Å². The normalized spacial score (nSPS) is 16.8. The van der Waals surface area contributed by atoms with Gasteiger partial charge in [-0.1, -0.05) is 33.9 Å². The summed E-state index contributed by atoms with van der Waals surface area (Å²) in [5, 5.41) is 18.8. The molecule has 0 rings (SSSR count). The van der Waals surface area contributed by atoms with Gasteiger partial charge in [-0.25, -0.2) is 0 Å². The van der Waals surface area contributed by atoms with Gasteiger partial charge in [0, 0.05) is 6.92 Å². The Hall–Kier alpha value is -0.393. The third-order valence-electron chi connectivity index (χ3n) is 3.47. The van der Waals surface area contributed by atoms with Crippen molar-refractivity contribution in [2.24, 2.45) is 0 Å². The number of aliphatic hydroxyl groups excluding tert-OH is 2. The average Bonchev–Trinajstić information content (AvgIpc) is 2.10. The first-order chi connectivity index (χ1) is 7.04. The molecule has 0 saturated heterocycles. The zero-order valence-corrected chi connectivity index (χ0v) is 12.1. The van der Waals surface area contributed by atoms with Gasteiger partial charge in [-0.2, -0.15) is 0 Å². The Morgan fingerprint density at radius 1 is 1.38 bits per heavy atom. The monoisotopic (exact) mass is 248 g/mol. The molecule has 16 heavy (non-hydrogen) atoms. The summed E-state index contributed by atoms with van der Waals surface area (Å²) in [5.74, 6) is -0.415. The van der Waals surface area contributed by atoms with Crippen LogP contribution in [0.3, 0.4) is 0 Å². The minimum atomic E-state index is -2.03. The number of hydrogen-bond donors (Lipinski definition) is 2. The molecule has 0 radical (unpaired) electrons. The second-order valence-electron chi connectivity index (χ2n) is 5.75. The molecule has 4 nitrogen and oxygen atoms in total. The zero-order valence-electron chi connectivity index (χ0n) is 11.1. The molecule has 96 valence electrons. The molecule has 2 atom stereocenters. The molecular weight excluding hydrogens is 224 g/mol. The van der Waals surface area contributed by atoms with Crippen LogP contribution in [0.15, 0.2) is 0 Å². The second-order valence-corrected chi connectivity index (χ2v) is 11.3. The van der Waals surface area contributed by atoms with Gasteiger partial charge in [0.1, 0.15) is 19.9 Å². The molecule has 0 aromatic carbocycles. The second kappa shape index (κ2) is 5.29. The van der Waals surface area contributed by atoms with Crippen LogP contribution in [0.4, 0.5) is 0 Å². The van der Waals surface area contributed by atoms with Gasteiger partial charge < -0.3 is 14.9 Å². The van der Waals surface area contributed by atoms with Gasteiger partial charge in [0.2, 0.25) is 0 Å². The topological polar surface area (TPSA) is 66.8 Å². The summed E-state index contributed by atoms with van der Waals surface area (Å²) in [7, 11) is -2.03. The number of carbonyl (C=O) groups is 1. The van der Waals surface area contributed by atoms with Crippen molar-refractivity contribution in [2.75, 3.05) is 6.61 Å². The molecular formula is C11H24O4Si. The first-order valence-corrected chi connectivity index (χ1v) is 8.58. The van der Waals surface area contributed by atoms with Crippen molar-refractivity contribution < 1.29 is 19.7 Å². The highest BCUT2D eigenvalue weighted by atomic mass is 28.3. The van der Waals surface area contributed by atoms with E-state index in [9.17, 15) is 9.90 Å². The minimum Gasteiger partial charge on any atom is -0.464 e. The molecule has 0 aliphatic heterocycles. The summed E-state index contributed by atoms with van der Waals surface area (Å²) >= 11 is 0. The van der Waals surface area contributed by atoms with E-state index in [2.05, 4.69) is 33.9 Å². The van der Waals surface area contributed by atoms with Crippen LogP contribution in [0.5, 0.6) is 0 Å². The average molecular weight is 248 g/mol. The number of hydrogen-bond acceptors (Lipinski definition) is 4. The summed E-state index contributed by atoms with van der Waals surface area (Å²) in [6, 6.07) is 0. The number of aliphatic hydroxyl groups is 2. The predicted octanol–water partition coefficient (Wildman–Crippen LogP) is 1.32. The highest BCUT2D eigenvalue weighted by Gasteiger charge is 2.47. The van der Waals surface area contributed by atoms with E-state index < -0.39 is 25.9 Å². The molecule has 2 N–H and O–H groups in total. The fourth-order valence-electron chi connectivity index (χ4n) is 1.41. The molecule has 0 fully saturated rings. The minimum absolute atomic E-state index is 0.0245. The molecule has 5 heteroatoms. The summed E-state index contributed by atoms with van der Waals surface area (Å²) in [6.07, 6.45) is -0.996. The van der Waals surface area contributed by atoms with Crippen LogP contribution in [0.25, 0.3) is 0 Å². The van der Waals surface area contributed by atoms with Crippen molar-refractivity contribution in [1.29, 1.82) is 0 Å². The molecule has 0 aliphatic rings. The first-order valence-electron chi connectivity index (χ1n) is 5.50. The largest absolute Gasteiger partial charge is 0.464 e. The van der Waals surface area contributed by atoms with E-state index in [1.165, 1.54) is 6.92 Å². The Bertz CT molecular complexity index is 245. The maximum atomic E-state index is 11.1. The lowest BCUT2D eigenvalue weighted by molar-refractivity contribution is -0.148. The van der Waals surface area contributed by atoms with Gasteiger partial charge in [0.25, 0.3) is 0 Å². The molecule has 0 unspecified atom stereocenters. The number of esters is 1. The van der Waals surface area contributed by atoms with Crippen LogP contribution < -0.4 is 0 Å². The van der Waals surface area contributed by atoms with Gasteiger partial charge in [-0.3, -0.25) is 4.79 Å². The van der Waals surface area contributed by atoms with Gasteiger partial charge in [-0.05, 0) is 5.04 Å². The summed E-state index contributed by atoms with van der Waals surface area (Å²) in [4.78, 5) is 11.1. The fraction of sp³-hybridized carbons (Fsp3) is 0.909. The van der Waals surface area contributed by atoms with E-state index in [0.29, 0.717) is 0 Å². The molecule has 0 bridgehead atoms. The van der Waals surface area contributed by atoms with Crippen LogP contribution in [-0.2, 0) is 9.53 Å². The van der Waals surface area contributed by atoms with Crippen LogP contribution in [0, 0.1) is 0 Å². The quantitative estimate of drug-likeness (QED) is 0.581. The van der Waals surface area contributed by atoms with Gasteiger partial charge in [0.05, 0.1) is 6.61 Å².